The number of methoxy groups -OCH3 is 1. The largest absolute Gasteiger partial charge is 0.496 e. The summed E-state index contributed by atoms with van der Waals surface area (Å²) in [4.78, 5) is 12.1. The summed E-state index contributed by atoms with van der Waals surface area (Å²) in [5.74, 6) is 0.914. The van der Waals surface area contributed by atoms with E-state index in [1.165, 1.54) is 5.56 Å². The summed E-state index contributed by atoms with van der Waals surface area (Å²) in [6.45, 7) is 3.10. The molecule has 0 atom stereocenters. The zero-order valence-corrected chi connectivity index (χ0v) is 12.6. The van der Waals surface area contributed by atoms with Gasteiger partial charge in [0, 0.05) is 5.56 Å². The topological polar surface area (TPSA) is 38.3 Å². The molecular weight excluding hydrogens is 262 g/mol. The summed E-state index contributed by atoms with van der Waals surface area (Å²) in [7, 11) is 1.63. The number of carbonyl (C=O) groups excluding carboxylic acids is 1. The smallest absolute Gasteiger partial charge is 0.176 e. The average molecular weight is 283 g/mol. The summed E-state index contributed by atoms with van der Waals surface area (Å²) in [6, 6.07) is 15.8. The molecule has 0 heterocycles. The van der Waals surface area contributed by atoms with E-state index in [4.69, 9.17) is 4.74 Å². The van der Waals surface area contributed by atoms with E-state index < -0.39 is 0 Å². The van der Waals surface area contributed by atoms with Crippen molar-refractivity contribution in [1.29, 1.82) is 0 Å². The van der Waals surface area contributed by atoms with Crippen molar-refractivity contribution in [2.75, 3.05) is 20.2 Å². The molecule has 0 fully saturated rings. The Morgan fingerprint density at radius 2 is 1.90 bits per heavy atom. The minimum atomic E-state index is 0.105. The molecule has 0 aromatic heterocycles. The molecule has 2 aromatic carbocycles. The lowest BCUT2D eigenvalue weighted by Crippen LogP contribution is -2.25. The van der Waals surface area contributed by atoms with Gasteiger partial charge in [0.1, 0.15) is 5.75 Å². The number of Topliss-reactive ketones (excluding diaryl/α,β-unsaturated/α-hetero) is 1. The number of benzene rings is 2. The van der Waals surface area contributed by atoms with Gasteiger partial charge in [0.15, 0.2) is 5.78 Å². The molecule has 3 heteroatoms. The Morgan fingerprint density at radius 3 is 2.57 bits per heavy atom. The van der Waals surface area contributed by atoms with Crippen LogP contribution in [0, 0.1) is 6.92 Å². The summed E-state index contributed by atoms with van der Waals surface area (Å²) >= 11 is 0. The van der Waals surface area contributed by atoms with Crippen LogP contribution in [0.5, 0.6) is 5.75 Å². The Morgan fingerprint density at radius 1 is 1.14 bits per heavy atom. The lowest BCUT2D eigenvalue weighted by Gasteiger charge is -2.08. The lowest BCUT2D eigenvalue weighted by molar-refractivity contribution is 0.0991. The molecule has 2 aromatic rings. The molecular formula is C18H21NO2. The Bertz CT molecular complexity index is 593. The normalized spacial score (nSPS) is 10.4. The highest BCUT2D eigenvalue weighted by molar-refractivity contribution is 5.97. The zero-order chi connectivity index (χ0) is 15.1. The Labute approximate surface area is 126 Å². The van der Waals surface area contributed by atoms with Crippen molar-refractivity contribution >= 4 is 5.78 Å². The number of hydrogen-bond donors (Lipinski definition) is 1. The van der Waals surface area contributed by atoms with Gasteiger partial charge in [0.05, 0.1) is 13.7 Å². The first-order chi connectivity index (χ1) is 10.2. The molecule has 1 N–H and O–H groups in total. The van der Waals surface area contributed by atoms with E-state index in [-0.39, 0.29) is 5.78 Å². The Hall–Kier alpha value is -2.13. The van der Waals surface area contributed by atoms with Crippen molar-refractivity contribution in [2.24, 2.45) is 0 Å². The van der Waals surface area contributed by atoms with Crippen LogP contribution in [0.15, 0.2) is 48.5 Å². The monoisotopic (exact) mass is 283 g/mol. The number of aryl methyl sites for hydroxylation is 1. The summed E-state index contributed by atoms with van der Waals surface area (Å²) < 4.78 is 5.20. The molecule has 0 aliphatic rings. The fraction of sp³-hybridized carbons (Fsp3) is 0.278. The van der Waals surface area contributed by atoms with Crippen LogP contribution in [0.2, 0.25) is 0 Å². The molecule has 0 amide bonds. The van der Waals surface area contributed by atoms with Gasteiger partial charge in [0.2, 0.25) is 0 Å². The predicted octanol–water partition coefficient (Wildman–Crippen LogP) is 3.02. The highest BCUT2D eigenvalue weighted by atomic mass is 16.5. The third-order valence-electron chi connectivity index (χ3n) is 3.44. The van der Waals surface area contributed by atoms with Gasteiger partial charge in [0.25, 0.3) is 0 Å². The van der Waals surface area contributed by atoms with Gasteiger partial charge in [-0.3, -0.25) is 4.79 Å². The molecule has 0 spiro atoms. The van der Waals surface area contributed by atoms with E-state index in [0.717, 1.165) is 29.8 Å². The molecule has 0 saturated carbocycles. The minimum absolute atomic E-state index is 0.105. The van der Waals surface area contributed by atoms with Gasteiger partial charge < -0.3 is 10.1 Å². The minimum Gasteiger partial charge on any atom is -0.496 e. The first kappa shape index (κ1) is 15.3. The quantitative estimate of drug-likeness (QED) is 0.627. The third kappa shape index (κ3) is 4.43. The molecule has 2 rings (SSSR count). The first-order valence-corrected chi connectivity index (χ1v) is 7.13. The van der Waals surface area contributed by atoms with E-state index in [0.29, 0.717) is 6.54 Å². The van der Waals surface area contributed by atoms with E-state index >= 15 is 0 Å². The van der Waals surface area contributed by atoms with Gasteiger partial charge in [-0.25, -0.2) is 0 Å². The molecule has 0 aliphatic heterocycles. The van der Waals surface area contributed by atoms with Crippen molar-refractivity contribution in [3.8, 4) is 5.75 Å². The molecule has 21 heavy (non-hydrogen) atoms. The maximum atomic E-state index is 12.1. The number of ketones is 1. The predicted molar refractivity (Wildman–Crippen MR) is 85.1 cm³/mol. The van der Waals surface area contributed by atoms with Crippen LogP contribution in [0.25, 0.3) is 0 Å². The van der Waals surface area contributed by atoms with E-state index in [1.54, 1.807) is 7.11 Å². The molecule has 110 valence electrons. The van der Waals surface area contributed by atoms with Crippen LogP contribution in [-0.4, -0.2) is 26.0 Å². The molecule has 0 radical (unpaired) electrons. The van der Waals surface area contributed by atoms with Gasteiger partial charge in [-0.15, -0.1) is 0 Å². The van der Waals surface area contributed by atoms with E-state index in [1.807, 2.05) is 43.3 Å². The van der Waals surface area contributed by atoms with Crippen molar-refractivity contribution in [3.05, 3.63) is 65.2 Å². The molecule has 0 aliphatic carbocycles. The highest BCUT2D eigenvalue weighted by Crippen LogP contribution is 2.18. The lowest BCUT2D eigenvalue weighted by atomic mass is 10.1. The van der Waals surface area contributed by atoms with Crippen LogP contribution in [0.4, 0.5) is 0 Å². The first-order valence-electron chi connectivity index (χ1n) is 7.13. The summed E-state index contributed by atoms with van der Waals surface area (Å²) in [6.07, 6.45) is 0.926. The van der Waals surface area contributed by atoms with Gasteiger partial charge in [-0.05, 0) is 49.2 Å². The van der Waals surface area contributed by atoms with Gasteiger partial charge >= 0.3 is 0 Å². The second kappa shape index (κ2) is 7.60. The number of carbonyl (C=O) groups is 1. The Kier molecular flexibility index (Phi) is 5.52. The van der Waals surface area contributed by atoms with Crippen LogP contribution in [-0.2, 0) is 6.42 Å². The van der Waals surface area contributed by atoms with Crippen LogP contribution < -0.4 is 10.1 Å². The van der Waals surface area contributed by atoms with Gasteiger partial charge in [-0.2, -0.15) is 0 Å². The number of ether oxygens (including phenoxy) is 1. The van der Waals surface area contributed by atoms with Crippen LogP contribution in [0.3, 0.4) is 0 Å². The fourth-order valence-corrected chi connectivity index (χ4v) is 2.23. The van der Waals surface area contributed by atoms with E-state index in [9.17, 15) is 4.79 Å². The summed E-state index contributed by atoms with van der Waals surface area (Å²) in [5.41, 5.74) is 2.98. The standard InChI is InChI=1S/C18H21NO2/c1-14-12-16(8-9-18(14)21-2)17(20)13-19-11-10-15-6-4-3-5-7-15/h3-9,12,19H,10-11,13H2,1-2H3. The number of nitrogens with one attached hydrogen (secondary N) is 1. The fourth-order valence-electron chi connectivity index (χ4n) is 2.23. The van der Waals surface area contributed by atoms with Gasteiger partial charge in [-0.1, -0.05) is 30.3 Å². The van der Waals surface area contributed by atoms with Crippen LogP contribution in [0.1, 0.15) is 21.5 Å². The van der Waals surface area contributed by atoms with E-state index in [2.05, 4.69) is 17.4 Å². The highest BCUT2D eigenvalue weighted by Gasteiger charge is 2.07. The maximum Gasteiger partial charge on any atom is 0.176 e. The van der Waals surface area contributed by atoms with Crippen molar-refractivity contribution < 1.29 is 9.53 Å². The molecule has 0 bridgehead atoms. The van der Waals surface area contributed by atoms with Crippen LogP contribution >= 0.6 is 0 Å². The summed E-state index contributed by atoms with van der Waals surface area (Å²) in [5, 5.41) is 3.20. The zero-order valence-electron chi connectivity index (χ0n) is 12.6. The molecule has 0 unspecified atom stereocenters. The second-order valence-electron chi connectivity index (χ2n) is 5.02. The maximum absolute atomic E-state index is 12.1. The van der Waals surface area contributed by atoms with Crippen molar-refractivity contribution in [2.45, 2.75) is 13.3 Å². The SMILES string of the molecule is COc1ccc(C(=O)CNCCc2ccccc2)cc1C. The molecule has 3 nitrogen and oxygen atoms in total. The number of hydrogen-bond acceptors (Lipinski definition) is 3. The Balaban J connectivity index is 1.80. The second-order valence-corrected chi connectivity index (χ2v) is 5.02. The van der Waals surface area contributed by atoms with Crippen molar-refractivity contribution in [1.82, 2.24) is 5.32 Å². The van der Waals surface area contributed by atoms with Crippen molar-refractivity contribution in [3.63, 3.8) is 0 Å². The molecule has 0 saturated heterocycles. The number of rotatable bonds is 7. The third-order valence-corrected chi connectivity index (χ3v) is 3.44. The average Bonchev–Trinajstić information content (AvgIpc) is 2.52.